The van der Waals surface area contributed by atoms with Gasteiger partial charge in [-0.3, -0.25) is 4.79 Å². The standard InChI is InChI=1S/C23H33N3O2.C4H4O4/c1-3-24-11-13-25(14-12-24)23(27)21-17-26(16-18-7-5-4-6-8-18)22-15-19(28-2)9-10-20(21)22;5-3(6)1-2-4(7)8/h9-10,15,17-18H,3-8,11-14,16H2,1-2H3;1-2H,(H,5,6)(H,7,8)/b;2-1-. The molecule has 1 saturated carbocycles. The average molecular weight is 500 g/mol. The number of likely N-dealkylation sites (N-methyl/N-ethyl adjacent to an activating group) is 1. The number of rotatable bonds is 7. The number of carbonyl (C=O) groups is 3. The zero-order chi connectivity index (χ0) is 26.1. The Kier molecular flexibility index (Phi) is 9.93. The minimum absolute atomic E-state index is 0.174. The van der Waals surface area contributed by atoms with Crippen LogP contribution in [0.5, 0.6) is 5.75 Å². The van der Waals surface area contributed by atoms with Crippen molar-refractivity contribution < 1.29 is 29.3 Å². The number of piperazine rings is 1. The summed E-state index contributed by atoms with van der Waals surface area (Å²) in [6, 6.07) is 6.12. The molecule has 2 fully saturated rings. The predicted molar refractivity (Wildman–Crippen MR) is 137 cm³/mol. The van der Waals surface area contributed by atoms with E-state index in [9.17, 15) is 14.4 Å². The number of carboxylic acids is 2. The second-order valence-corrected chi connectivity index (χ2v) is 9.32. The van der Waals surface area contributed by atoms with Gasteiger partial charge < -0.3 is 29.3 Å². The van der Waals surface area contributed by atoms with E-state index in [1.54, 1.807) is 7.11 Å². The lowest BCUT2D eigenvalue weighted by Crippen LogP contribution is -2.48. The van der Waals surface area contributed by atoms with Crippen molar-refractivity contribution in [3.63, 3.8) is 0 Å². The summed E-state index contributed by atoms with van der Waals surface area (Å²) in [5.41, 5.74) is 1.97. The first-order chi connectivity index (χ1) is 17.3. The van der Waals surface area contributed by atoms with E-state index in [0.29, 0.717) is 18.1 Å². The third-order valence-electron chi connectivity index (χ3n) is 6.97. The summed E-state index contributed by atoms with van der Waals surface area (Å²) >= 11 is 0. The van der Waals surface area contributed by atoms with Crippen molar-refractivity contribution in [2.24, 2.45) is 5.92 Å². The van der Waals surface area contributed by atoms with Gasteiger partial charge in [-0.1, -0.05) is 26.2 Å². The number of nitrogens with zero attached hydrogens (tertiary/aromatic N) is 3. The molecule has 2 aromatic rings. The van der Waals surface area contributed by atoms with Gasteiger partial charge in [0.15, 0.2) is 0 Å². The molecule has 1 aliphatic carbocycles. The lowest BCUT2D eigenvalue weighted by atomic mass is 9.89. The smallest absolute Gasteiger partial charge is 0.328 e. The van der Waals surface area contributed by atoms with Crippen LogP contribution in [0.2, 0.25) is 0 Å². The Bertz CT molecular complexity index is 1060. The monoisotopic (exact) mass is 499 g/mol. The normalized spacial score (nSPS) is 17.1. The van der Waals surface area contributed by atoms with E-state index in [1.807, 2.05) is 11.0 Å². The van der Waals surface area contributed by atoms with Crippen molar-refractivity contribution in [1.29, 1.82) is 0 Å². The molecule has 9 heteroatoms. The predicted octanol–water partition coefficient (Wildman–Crippen LogP) is 3.72. The quantitative estimate of drug-likeness (QED) is 0.559. The van der Waals surface area contributed by atoms with E-state index in [-0.39, 0.29) is 5.91 Å². The summed E-state index contributed by atoms with van der Waals surface area (Å²) in [4.78, 5) is 36.9. The van der Waals surface area contributed by atoms with Gasteiger partial charge in [0.2, 0.25) is 0 Å². The largest absolute Gasteiger partial charge is 0.497 e. The highest BCUT2D eigenvalue weighted by molar-refractivity contribution is 6.07. The minimum atomic E-state index is -1.26. The maximum absolute atomic E-state index is 13.3. The molecule has 36 heavy (non-hydrogen) atoms. The topological polar surface area (TPSA) is 112 Å². The third-order valence-corrected chi connectivity index (χ3v) is 6.97. The summed E-state index contributed by atoms with van der Waals surface area (Å²) in [6.07, 6.45) is 9.85. The van der Waals surface area contributed by atoms with Crippen molar-refractivity contribution in [1.82, 2.24) is 14.4 Å². The molecule has 0 spiro atoms. The van der Waals surface area contributed by atoms with Crippen LogP contribution in [-0.2, 0) is 16.1 Å². The van der Waals surface area contributed by atoms with Gasteiger partial charge >= 0.3 is 11.9 Å². The van der Waals surface area contributed by atoms with Gasteiger partial charge in [0, 0.05) is 62.5 Å². The van der Waals surface area contributed by atoms with Crippen LogP contribution in [0, 0.1) is 5.92 Å². The number of hydrogen-bond donors (Lipinski definition) is 2. The molecule has 0 atom stereocenters. The molecule has 0 unspecified atom stereocenters. The van der Waals surface area contributed by atoms with E-state index >= 15 is 0 Å². The molecule has 2 N–H and O–H groups in total. The molecule has 2 heterocycles. The molecule has 1 amide bonds. The van der Waals surface area contributed by atoms with Gasteiger partial charge in [0.25, 0.3) is 5.91 Å². The zero-order valence-electron chi connectivity index (χ0n) is 21.2. The minimum Gasteiger partial charge on any atom is -0.497 e. The van der Waals surface area contributed by atoms with Gasteiger partial charge in [-0.05, 0) is 37.4 Å². The Hall–Kier alpha value is -3.33. The Morgan fingerprint density at radius 3 is 2.19 bits per heavy atom. The highest BCUT2D eigenvalue weighted by atomic mass is 16.5. The number of amides is 1. The lowest BCUT2D eigenvalue weighted by Gasteiger charge is -2.34. The first-order valence-corrected chi connectivity index (χ1v) is 12.6. The number of carboxylic acid groups (broad SMARTS) is 2. The maximum Gasteiger partial charge on any atom is 0.328 e. The number of ether oxygens (including phenoxy) is 1. The highest BCUT2D eigenvalue weighted by Crippen LogP contribution is 2.31. The van der Waals surface area contributed by atoms with E-state index in [0.717, 1.165) is 61.5 Å². The van der Waals surface area contributed by atoms with Crippen LogP contribution in [0.3, 0.4) is 0 Å². The van der Waals surface area contributed by atoms with Crippen LogP contribution in [0.4, 0.5) is 0 Å². The van der Waals surface area contributed by atoms with E-state index < -0.39 is 11.9 Å². The fraction of sp³-hybridized carbons (Fsp3) is 0.519. The second kappa shape index (κ2) is 13.1. The first kappa shape index (κ1) is 27.3. The molecule has 2 aliphatic rings. The number of aromatic nitrogens is 1. The van der Waals surface area contributed by atoms with Crippen molar-refractivity contribution in [3.05, 3.63) is 42.1 Å². The summed E-state index contributed by atoms with van der Waals surface area (Å²) in [7, 11) is 1.70. The summed E-state index contributed by atoms with van der Waals surface area (Å²) in [5, 5.41) is 16.7. The summed E-state index contributed by atoms with van der Waals surface area (Å²) in [6.45, 7) is 7.82. The summed E-state index contributed by atoms with van der Waals surface area (Å²) in [5.74, 6) is -0.772. The van der Waals surface area contributed by atoms with Crippen LogP contribution >= 0.6 is 0 Å². The highest BCUT2D eigenvalue weighted by Gasteiger charge is 2.25. The van der Waals surface area contributed by atoms with Crippen molar-refractivity contribution >= 4 is 28.7 Å². The molecular weight excluding hydrogens is 462 g/mol. The Balaban J connectivity index is 0.000000392. The lowest BCUT2D eigenvalue weighted by molar-refractivity contribution is -0.134. The molecular formula is C27H37N3O6. The molecule has 0 radical (unpaired) electrons. The van der Waals surface area contributed by atoms with Gasteiger partial charge in [-0.2, -0.15) is 0 Å². The molecule has 0 bridgehead atoms. The average Bonchev–Trinajstić information content (AvgIpc) is 3.25. The van der Waals surface area contributed by atoms with Crippen molar-refractivity contribution in [3.8, 4) is 5.75 Å². The number of methoxy groups -OCH3 is 1. The second-order valence-electron chi connectivity index (χ2n) is 9.32. The Morgan fingerprint density at radius 2 is 1.64 bits per heavy atom. The van der Waals surface area contributed by atoms with Crippen LogP contribution < -0.4 is 4.74 Å². The molecule has 9 nitrogen and oxygen atoms in total. The van der Waals surface area contributed by atoms with Crippen molar-refractivity contribution in [2.45, 2.75) is 45.6 Å². The van der Waals surface area contributed by atoms with E-state index in [1.165, 1.54) is 32.1 Å². The molecule has 1 aromatic carbocycles. The van der Waals surface area contributed by atoms with Crippen LogP contribution in [0.1, 0.15) is 49.4 Å². The van der Waals surface area contributed by atoms with E-state index in [4.69, 9.17) is 14.9 Å². The number of benzene rings is 1. The van der Waals surface area contributed by atoms with E-state index in [2.05, 4.69) is 34.7 Å². The molecule has 1 aliphatic heterocycles. The SMILES string of the molecule is CCN1CCN(C(=O)c2cn(CC3CCCCC3)c3cc(OC)ccc23)CC1.O=C(O)/C=C\C(=O)O. The fourth-order valence-corrected chi connectivity index (χ4v) is 4.95. The Morgan fingerprint density at radius 1 is 1.00 bits per heavy atom. The number of fused-ring (bicyclic) bond motifs is 1. The van der Waals surface area contributed by atoms with Gasteiger partial charge in [0.1, 0.15) is 5.75 Å². The van der Waals surface area contributed by atoms with Gasteiger partial charge in [-0.25, -0.2) is 9.59 Å². The maximum atomic E-state index is 13.3. The Labute approximate surface area is 211 Å². The number of hydrogen-bond acceptors (Lipinski definition) is 5. The fourth-order valence-electron chi connectivity index (χ4n) is 4.95. The van der Waals surface area contributed by atoms with Crippen LogP contribution in [0.15, 0.2) is 36.5 Å². The molecule has 1 aromatic heterocycles. The summed E-state index contributed by atoms with van der Waals surface area (Å²) < 4.78 is 7.77. The van der Waals surface area contributed by atoms with Gasteiger partial charge in [-0.15, -0.1) is 0 Å². The van der Waals surface area contributed by atoms with Gasteiger partial charge in [0.05, 0.1) is 18.2 Å². The first-order valence-electron chi connectivity index (χ1n) is 12.6. The molecule has 196 valence electrons. The van der Waals surface area contributed by atoms with Crippen molar-refractivity contribution in [2.75, 3.05) is 39.8 Å². The van der Waals surface area contributed by atoms with Crippen LogP contribution in [-0.4, -0.2) is 82.3 Å². The van der Waals surface area contributed by atoms with Crippen LogP contribution in [0.25, 0.3) is 10.9 Å². The molecule has 1 saturated heterocycles. The zero-order valence-corrected chi connectivity index (χ0v) is 21.2. The molecule has 4 rings (SSSR count). The number of aliphatic carboxylic acids is 2. The number of carbonyl (C=O) groups excluding carboxylic acids is 1. The third kappa shape index (κ3) is 7.34.